The van der Waals surface area contributed by atoms with E-state index in [4.69, 9.17) is 9.47 Å². The molecule has 1 N–H and O–H groups in total. The van der Waals surface area contributed by atoms with Crippen LogP contribution in [0.5, 0.6) is 11.5 Å². The number of carbonyl (C=O) groups is 1. The van der Waals surface area contributed by atoms with Crippen molar-refractivity contribution in [3.63, 3.8) is 0 Å². The molecule has 0 unspecified atom stereocenters. The van der Waals surface area contributed by atoms with Gasteiger partial charge in [-0.15, -0.1) is 0 Å². The summed E-state index contributed by atoms with van der Waals surface area (Å²) in [7, 11) is 0. The summed E-state index contributed by atoms with van der Waals surface area (Å²) in [6.45, 7) is 3.17. The number of thiophene rings is 1. The molecule has 2 atom stereocenters. The topological polar surface area (TPSA) is 50.8 Å². The first kappa shape index (κ1) is 15.5. The van der Waals surface area contributed by atoms with Gasteiger partial charge in [-0.1, -0.05) is 0 Å². The fourth-order valence-electron chi connectivity index (χ4n) is 3.45. The van der Waals surface area contributed by atoms with Gasteiger partial charge in [0.2, 0.25) is 12.7 Å². The molecule has 2 aliphatic heterocycles. The van der Waals surface area contributed by atoms with Crippen LogP contribution in [0.2, 0.25) is 0 Å². The van der Waals surface area contributed by atoms with E-state index in [0.717, 1.165) is 30.8 Å². The largest absolute Gasteiger partial charge is 0.454 e. The molecule has 0 radical (unpaired) electrons. The molecule has 2 aromatic rings. The predicted octanol–water partition coefficient (Wildman–Crippen LogP) is 3.64. The number of likely N-dealkylation sites (tertiary alicyclic amines) is 1. The first-order valence-electron chi connectivity index (χ1n) is 8.21. The zero-order valence-corrected chi connectivity index (χ0v) is 14.3. The molecule has 1 aromatic heterocycles. The van der Waals surface area contributed by atoms with Crippen LogP contribution < -0.4 is 14.8 Å². The standard InChI is InChI=1S/C18H20N2O3S/c1-12(20-7-2-3-15(20)13-6-8-24-10-13)18(21)19-14-4-5-16-17(9-14)23-11-22-16/h4-6,8-10,12,15H,2-3,7,11H2,1H3,(H,19,21)/t12-,15-/m0/s1. The summed E-state index contributed by atoms with van der Waals surface area (Å²) in [5, 5.41) is 7.29. The fraction of sp³-hybridized carbons (Fsp3) is 0.389. The molecule has 2 aliphatic rings. The van der Waals surface area contributed by atoms with Crippen molar-refractivity contribution in [3.05, 3.63) is 40.6 Å². The number of fused-ring (bicyclic) bond motifs is 1. The van der Waals surface area contributed by atoms with E-state index in [9.17, 15) is 4.79 Å². The third kappa shape index (κ3) is 2.87. The zero-order valence-electron chi connectivity index (χ0n) is 13.5. The van der Waals surface area contributed by atoms with Gasteiger partial charge in [0.05, 0.1) is 6.04 Å². The summed E-state index contributed by atoms with van der Waals surface area (Å²) in [6.07, 6.45) is 2.24. The van der Waals surface area contributed by atoms with Gasteiger partial charge in [-0.3, -0.25) is 9.69 Å². The van der Waals surface area contributed by atoms with Crippen molar-refractivity contribution in [2.24, 2.45) is 0 Å². The molecule has 4 rings (SSSR count). The van der Waals surface area contributed by atoms with E-state index in [0.29, 0.717) is 11.8 Å². The minimum Gasteiger partial charge on any atom is -0.454 e. The Morgan fingerprint density at radius 3 is 3.04 bits per heavy atom. The highest BCUT2D eigenvalue weighted by atomic mass is 32.1. The zero-order chi connectivity index (χ0) is 16.5. The quantitative estimate of drug-likeness (QED) is 0.920. The number of carbonyl (C=O) groups excluding carboxylic acids is 1. The third-order valence-corrected chi connectivity index (χ3v) is 5.44. The van der Waals surface area contributed by atoms with Crippen molar-refractivity contribution in [1.29, 1.82) is 0 Å². The number of rotatable bonds is 4. The summed E-state index contributed by atoms with van der Waals surface area (Å²) in [5.74, 6) is 1.41. The summed E-state index contributed by atoms with van der Waals surface area (Å²) < 4.78 is 10.7. The number of hydrogen-bond acceptors (Lipinski definition) is 5. The highest BCUT2D eigenvalue weighted by molar-refractivity contribution is 7.07. The lowest BCUT2D eigenvalue weighted by atomic mass is 10.1. The number of amides is 1. The van der Waals surface area contributed by atoms with Gasteiger partial charge < -0.3 is 14.8 Å². The van der Waals surface area contributed by atoms with Crippen molar-refractivity contribution < 1.29 is 14.3 Å². The van der Waals surface area contributed by atoms with Crippen LogP contribution in [0.3, 0.4) is 0 Å². The average Bonchev–Trinajstić information content (AvgIpc) is 3.32. The van der Waals surface area contributed by atoms with Gasteiger partial charge in [0.15, 0.2) is 11.5 Å². The smallest absolute Gasteiger partial charge is 0.241 e. The fourth-order valence-corrected chi connectivity index (χ4v) is 4.15. The highest BCUT2D eigenvalue weighted by Crippen LogP contribution is 2.36. The Labute approximate surface area is 145 Å². The number of nitrogens with zero attached hydrogens (tertiary/aromatic N) is 1. The number of anilines is 1. The molecule has 0 aliphatic carbocycles. The van der Waals surface area contributed by atoms with Gasteiger partial charge in [0.25, 0.3) is 0 Å². The van der Waals surface area contributed by atoms with Crippen LogP contribution in [0.15, 0.2) is 35.0 Å². The van der Waals surface area contributed by atoms with Crippen LogP contribution in [0, 0.1) is 0 Å². The van der Waals surface area contributed by atoms with Crippen molar-refractivity contribution in [1.82, 2.24) is 4.90 Å². The summed E-state index contributed by atoms with van der Waals surface area (Å²) >= 11 is 1.71. The van der Waals surface area contributed by atoms with E-state index in [2.05, 4.69) is 27.0 Å². The molecule has 5 nitrogen and oxygen atoms in total. The molecule has 6 heteroatoms. The second-order valence-corrected chi connectivity index (χ2v) is 6.97. The van der Waals surface area contributed by atoms with E-state index >= 15 is 0 Å². The lowest BCUT2D eigenvalue weighted by Gasteiger charge is -2.29. The maximum Gasteiger partial charge on any atom is 0.241 e. The van der Waals surface area contributed by atoms with E-state index < -0.39 is 0 Å². The predicted molar refractivity (Wildman–Crippen MR) is 93.7 cm³/mol. The van der Waals surface area contributed by atoms with Gasteiger partial charge in [-0.05, 0) is 60.8 Å². The molecule has 24 heavy (non-hydrogen) atoms. The Balaban J connectivity index is 1.46. The van der Waals surface area contributed by atoms with E-state index in [1.807, 2.05) is 25.1 Å². The lowest BCUT2D eigenvalue weighted by molar-refractivity contribution is -0.121. The number of benzene rings is 1. The normalized spacial score (nSPS) is 21.0. The van der Waals surface area contributed by atoms with E-state index in [1.54, 1.807) is 11.3 Å². The van der Waals surface area contributed by atoms with E-state index in [-0.39, 0.29) is 18.7 Å². The molecule has 1 fully saturated rings. The Morgan fingerprint density at radius 1 is 1.33 bits per heavy atom. The van der Waals surface area contributed by atoms with Crippen LogP contribution in [-0.4, -0.2) is 30.2 Å². The van der Waals surface area contributed by atoms with Crippen molar-refractivity contribution in [3.8, 4) is 11.5 Å². The molecule has 0 spiro atoms. The van der Waals surface area contributed by atoms with Crippen LogP contribution in [0.25, 0.3) is 0 Å². The van der Waals surface area contributed by atoms with Crippen LogP contribution in [0.4, 0.5) is 5.69 Å². The Hall–Kier alpha value is -2.05. The summed E-state index contributed by atoms with van der Waals surface area (Å²) in [6, 6.07) is 7.81. The van der Waals surface area contributed by atoms with Gasteiger partial charge >= 0.3 is 0 Å². The molecule has 126 valence electrons. The Bertz CT molecular complexity index is 732. The second kappa shape index (κ2) is 6.45. The third-order valence-electron chi connectivity index (χ3n) is 4.74. The van der Waals surface area contributed by atoms with Crippen molar-refractivity contribution >= 4 is 22.9 Å². The van der Waals surface area contributed by atoms with Crippen LogP contribution in [-0.2, 0) is 4.79 Å². The average molecular weight is 344 g/mol. The number of hydrogen-bond donors (Lipinski definition) is 1. The second-order valence-electron chi connectivity index (χ2n) is 6.19. The molecule has 0 saturated carbocycles. The first-order chi connectivity index (χ1) is 11.7. The maximum absolute atomic E-state index is 12.7. The van der Waals surface area contributed by atoms with Crippen LogP contribution in [0.1, 0.15) is 31.4 Å². The van der Waals surface area contributed by atoms with Gasteiger partial charge in [-0.25, -0.2) is 0 Å². The molecule has 1 aromatic carbocycles. The maximum atomic E-state index is 12.7. The Morgan fingerprint density at radius 2 is 2.21 bits per heavy atom. The van der Waals surface area contributed by atoms with Crippen LogP contribution >= 0.6 is 11.3 Å². The molecule has 1 saturated heterocycles. The number of nitrogens with one attached hydrogen (secondary N) is 1. The summed E-state index contributed by atoms with van der Waals surface area (Å²) in [5.41, 5.74) is 2.06. The highest BCUT2D eigenvalue weighted by Gasteiger charge is 2.33. The summed E-state index contributed by atoms with van der Waals surface area (Å²) in [4.78, 5) is 15.0. The molecular formula is C18H20N2O3S. The Kier molecular flexibility index (Phi) is 4.16. The van der Waals surface area contributed by atoms with Gasteiger partial charge in [-0.2, -0.15) is 11.3 Å². The van der Waals surface area contributed by atoms with Crippen molar-refractivity contribution in [2.45, 2.75) is 31.8 Å². The van der Waals surface area contributed by atoms with Crippen molar-refractivity contribution in [2.75, 3.05) is 18.7 Å². The minimum absolute atomic E-state index is 0.0102. The monoisotopic (exact) mass is 344 g/mol. The molecule has 0 bridgehead atoms. The first-order valence-corrected chi connectivity index (χ1v) is 9.15. The molecule has 3 heterocycles. The van der Waals surface area contributed by atoms with Gasteiger partial charge in [0.1, 0.15) is 0 Å². The molecule has 1 amide bonds. The molecular weight excluding hydrogens is 324 g/mol. The van der Waals surface area contributed by atoms with Gasteiger partial charge in [0, 0.05) is 17.8 Å². The number of ether oxygens (including phenoxy) is 2. The van der Waals surface area contributed by atoms with E-state index in [1.165, 1.54) is 5.56 Å². The SMILES string of the molecule is C[C@@H](C(=O)Nc1ccc2c(c1)OCO2)N1CCC[C@H]1c1ccsc1. The lowest BCUT2D eigenvalue weighted by Crippen LogP contribution is -2.41. The minimum atomic E-state index is -0.178.